The Morgan fingerprint density at radius 3 is 2.06 bits per heavy atom. The van der Waals surface area contributed by atoms with E-state index >= 15 is 0 Å². The Hall–Kier alpha value is -5.91. The van der Waals surface area contributed by atoms with Crippen LogP contribution in [0.15, 0.2) is 144 Å². The molecule has 0 saturated carbocycles. The highest BCUT2D eigenvalue weighted by atomic mass is 32.1. The van der Waals surface area contributed by atoms with Gasteiger partial charge in [-0.15, -0.1) is 11.3 Å². The minimum Gasteiger partial charge on any atom is -0.455 e. The molecule has 3 aromatic heterocycles. The quantitative estimate of drug-likeness (QED) is 0.193. The number of allylic oxidation sites excluding steroid dienone is 4. The Morgan fingerprint density at radius 2 is 1.21 bits per heavy atom. The van der Waals surface area contributed by atoms with Gasteiger partial charge in [-0.3, -0.25) is 0 Å². The fraction of sp³-hybridized carbons (Fsp3) is 0.0465. The van der Waals surface area contributed by atoms with E-state index in [1.165, 1.54) is 31.3 Å². The summed E-state index contributed by atoms with van der Waals surface area (Å²) < 4.78 is 9.08. The summed E-state index contributed by atoms with van der Waals surface area (Å²) in [4.78, 5) is 15.6. The lowest BCUT2D eigenvalue weighted by atomic mass is 9.98. The summed E-state index contributed by atoms with van der Waals surface area (Å²) in [5.41, 5.74) is 6.84. The molecule has 0 amide bonds. The average Bonchev–Trinajstić information content (AvgIpc) is 3.72. The first kappa shape index (κ1) is 27.2. The molecule has 0 spiro atoms. The Bertz CT molecular complexity index is 2790. The second-order valence-corrected chi connectivity index (χ2v) is 13.4. The molecule has 48 heavy (non-hydrogen) atoms. The molecule has 3 heterocycles. The molecule has 1 aliphatic rings. The Morgan fingerprint density at radius 1 is 0.521 bits per heavy atom. The van der Waals surface area contributed by atoms with Gasteiger partial charge in [0.25, 0.3) is 0 Å². The van der Waals surface area contributed by atoms with Crippen LogP contribution in [0.5, 0.6) is 0 Å². The van der Waals surface area contributed by atoms with Gasteiger partial charge in [0.15, 0.2) is 17.5 Å². The number of aromatic nitrogens is 3. The zero-order chi connectivity index (χ0) is 31.6. The molecule has 5 heteroatoms. The molecule has 0 fully saturated rings. The van der Waals surface area contributed by atoms with Crippen LogP contribution < -0.4 is 0 Å². The second kappa shape index (κ2) is 10.8. The number of thiophene rings is 1. The molecule has 0 saturated heterocycles. The highest BCUT2D eigenvalue weighted by molar-refractivity contribution is 7.25. The van der Waals surface area contributed by atoms with E-state index < -0.39 is 0 Å². The standard InChI is InChI=1S/C43H27N3OS/c1-2-10-26(11-3-1)27-18-20-28(21-19-27)41-44-42(30-22-23-34-33-15-7-9-17-37(33)48-38(34)25-30)46-43(45-41)39-31-13-5-4-12-29(31)24-35-32-14-6-8-16-36(32)47-40(35)39/h2,4-25H,1,3H2. The highest BCUT2D eigenvalue weighted by Gasteiger charge is 2.21. The topological polar surface area (TPSA) is 51.8 Å². The normalized spacial score (nSPS) is 13.3. The summed E-state index contributed by atoms with van der Waals surface area (Å²) in [5, 5.41) is 6.79. The maximum Gasteiger partial charge on any atom is 0.168 e. The minimum absolute atomic E-state index is 0.592. The van der Waals surface area contributed by atoms with Gasteiger partial charge in [-0.1, -0.05) is 115 Å². The van der Waals surface area contributed by atoms with Crippen LogP contribution in [-0.2, 0) is 0 Å². The largest absolute Gasteiger partial charge is 0.455 e. The van der Waals surface area contributed by atoms with E-state index in [1.807, 2.05) is 12.1 Å². The molecule has 0 unspecified atom stereocenters. The number of furan rings is 1. The first-order chi connectivity index (χ1) is 23.8. The van der Waals surface area contributed by atoms with Crippen molar-refractivity contribution in [2.24, 2.45) is 0 Å². The van der Waals surface area contributed by atoms with Crippen LogP contribution in [0.1, 0.15) is 18.4 Å². The van der Waals surface area contributed by atoms with Crippen LogP contribution in [0.2, 0.25) is 0 Å². The summed E-state index contributed by atoms with van der Waals surface area (Å²) >= 11 is 1.80. The monoisotopic (exact) mass is 633 g/mol. The van der Waals surface area contributed by atoms with Crippen LogP contribution in [0.4, 0.5) is 0 Å². The van der Waals surface area contributed by atoms with Gasteiger partial charge in [0.05, 0.1) is 5.56 Å². The van der Waals surface area contributed by atoms with Crippen molar-refractivity contribution in [3.05, 3.63) is 145 Å². The molecule has 0 aliphatic heterocycles. The number of nitrogens with zero attached hydrogens (tertiary/aromatic N) is 3. The molecular weight excluding hydrogens is 607 g/mol. The molecule has 10 rings (SSSR count). The van der Waals surface area contributed by atoms with Crippen LogP contribution in [0.25, 0.3) is 92.6 Å². The molecule has 1 aliphatic carbocycles. The van der Waals surface area contributed by atoms with Crippen LogP contribution >= 0.6 is 11.3 Å². The SMILES string of the molecule is C1=CC(c2ccc(-c3nc(-c4ccc5c(c4)sc4ccccc45)nc(-c4c5ccccc5cc5c4oc4ccccc45)n3)cc2)=CCC1. The maximum absolute atomic E-state index is 6.60. The Balaban J connectivity index is 1.23. The van der Waals surface area contributed by atoms with E-state index in [9.17, 15) is 0 Å². The molecular formula is C43H27N3OS. The number of benzene rings is 6. The van der Waals surface area contributed by atoms with Crippen molar-refractivity contribution >= 4 is 69.8 Å². The molecule has 226 valence electrons. The summed E-state index contributed by atoms with van der Waals surface area (Å²) in [5.74, 6) is 1.85. The zero-order valence-electron chi connectivity index (χ0n) is 25.9. The van der Waals surface area contributed by atoms with Gasteiger partial charge in [0.1, 0.15) is 11.2 Å². The number of hydrogen-bond donors (Lipinski definition) is 0. The molecule has 0 atom stereocenters. The lowest BCUT2D eigenvalue weighted by Crippen LogP contribution is -2.01. The predicted molar refractivity (Wildman–Crippen MR) is 200 cm³/mol. The third kappa shape index (κ3) is 4.39. The molecule has 0 radical (unpaired) electrons. The molecule has 9 aromatic rings. The number of hydrogen-bond acceptors (Lipinski definition) is 5. The van der Waals surface area contributed by atoms with Crippen LogP contribution in [0.3, 0.4) is 0 Å². The Labute approximate surface area is 280 Å². The van der Waals surface area contributed by atoms with Crippen molar-refractivity contribution in [3.8, 4) is 34.2 Å². The van der Waals surface area contributed by atoms with E-state index in [4.69, 9.17) is 19.4 Å². The fourth-order valence-corrected chi connectivity index (χ4v) is 8.14. The summed E-state index contributed by atoms with van der Waals surface area (Å²) in [6.45, 7) is 0. The average molecular weight is 634 g/mol. The summed E-state index contributed by atoms with van der Waals surface area (Å²) in [7, 11) is 0. The highest BCUT2D eigenvalue weighted by Crippen LogP contribution is 2.41. The predicted octanol–water partition coefficient (Wildman–Crippen LogP) is 12.0. The van der Waals surface area contributed by atoms with E-state index in [-0.39, 0.29) is 0 Å². The lowest BCUT2D eigenvalue weighted by molar-refractivity contribution is 0.670. The van der Waals surface area contributed by atoms with Crippen molar-refractivity contribution in [3.63, 3.8) is 0 Å². The fourth-order valence-electron chi connectivity index (χ4n) is 6.99. The van der Waals surface area contributed by atoms with Gasteiger partial charge in [-0.25, -0.2) is 15.0 Å². The number of rotatable bonds is 4. The summed E-state index contributed by atoms with van der Waals surface area (Å²) in [6, 6.07) is 42.5. The van der Waals surface area contributed by atoms with Crippen LogP contribution in [0, 0.1) is 0 Å². The van der Waals surface area contributed by atoms with Gasteiger partial charge in [0.2, 0.25) is 0 Å². The molecule has 0 N–H and O–H groups in total. The number of fused-ring (bicyclic) bond motifs is 7. The maximum atomic E-state index is 6.60. The lowest BCUT2D eigenvalue weighted by Gasteiger charge is -2.12. The smallest absolute Gasteiger partial charge is 0.168 e. The van der Waals surface area contributed by atoms with Crippen molar-refractivity contribution < 1.29 is 4.42 Å². The van der Waals surface area contributed by atoms with Crippen molar-refractivity contribution in [1.29, 1.82) is 0 Å². The van der Waals surface area contributed by atoms with Crippen molar-refractivity contribution in [2.45, 2.75) is 12.8 Å². The minimum atomic E-state index is 0.592. The zero-order valence-corrected chi connectivity index (χ0v) is 26.7. The van der Waals surface area contributed by atoms with E-state index in [0.717, 1.165) is 62.2 Å². The second-order valence-electron chi connectivity index (χ2n) is 12.3. The first-order valence-corrected chi connectivity index (χ1v) is 17.1. The van der Waals surface area contributed by atoms with Crippen molar-refractivity contribution in [1.82, 2.24) is 15.0 Å². The van der Waals surface area contributed by atoms with E-state index in [1.54, 1.807) is 11.3 Å². The van der Waals surface area contributed by atoms with E-state index in [0.29, 0.717) is 17.5 Å². The summed E-state index contributed by atoms with van der Waals surface area (Å²) in [6.07, 6.45) is 8.92. The first-order valence-electron chi connectivity index (χ1n) is 16.3. The van der Waals surface area contributed by atoms with Gasteiger partial charge in [0, 0.05) is 42.1 Å². The molecule has 0 bridgehead atoms. The van der Waals surface area contributed by atoms with Crippen LogP contribution in [-0.4, -0.2) is 15.0 Å². The number of para-hydroxylation sites is 1. The van der Waals surface area contributed by atoms with Crippen molar-refractivity contribution in [2.75, 3.05) is 0 Å². The molecule has 6 aromatic carbocycles. The molecule has 4 nitrogen and oxygen atoms in total. The van der Waals surface area contributed by atoms with Gasteiger partial charge < -0.3 is 4.42 Å². The Kier molecular flexibility index (Phi) is 6.14. The van der Waals surface area contributed by atoms with Gasteiger partial charge in [-0.05, 0) is 59.0 Å². The third-order valence-corrected chi connectivity index (χ3v) is 10.5. The van der Waals surface area contributed by atoms with E-state index in [2.05, 4.69) is 127 Å². The third-order valence-electron chi connectivity index (χ3n) is 9.36. The van der Waals surface area contributed by atoms with Gasteiger partial charge in [-0.2, -0.15) is 0 Å². The van der Waals surface area contributed by atoms with Gasteiger partial charge >= 0.3 is 0 Å².